The molecular weight excluding hydrogens is 1060 g/mol. The molecule has 0 atom stereocenters. The van der Waals surface area contributed by atoms with Gasteiger partial charge in [-0.1, -0.05) is 217 Å². The second kappa shape index (κ2) is 17.4. The van der Waals surface area contributed by atoms with Crippen molar-refractivity contribution in [2.24, 2.45) is 0 Å². The zero-order valence-electron chi connectivity index (χ0n) is 53.5. The van der Waals surface area contributed by atoms with Crippen LogP contribution in [0.4, 0.5) is 34.1 Å². The number of anilines is 6. The Hall–Kier alpha value is -8.98. The maximum absolute atomic E-state index is 2.58. The minimum absolute atomic E-state index is 0.146. The van der Waals surface area contributed by atoms with Crippen molar-refractivity contribution in [3.8, 4) is 66.8 Å². The third-order valence-corrected chi connectivity index (χ3v) is 22.8. The summed E-state index contributed by atoms with van der Waals surface area (Å²) in [5, 5.41) is 0. The number of hydrogen-bond donors (Lipinski definition) is 0. The van der Waals surface area contributed by atoms with Gasteiger partial charge in [-0.05, 0) is 231 Å². The maximum Gasteiger partial charge on any atom is 0.0467 e. The summed E-state index contributed by atoms with van der Waals surface area (Å²) in [6.45, 7) is 34.0. The molecule has 0 fully saturated rings. The summed E-state index contributed by atoms with van der Waals surface area (Å²) in [6.07, 6.45) is 0. The second-order valence-electron chi connectivity index (χ2n) is 29.8. The van der Waals surface area contributed by atoms with Crippen LogP contribution in [0.15, 0.2) is 206 Å². The van der Waals surface area contributed by atoms with E-state index in [1.807, 2.05) is 0 Å². The van der Waals surface area contributed by atoms with Gasteiger partial charge in [0.25, 0.3) is 0 Å². The lowest BCUT2D eigenvalue weighted by Gasteiger charge is -2.33. The molecule has 0 radical (unpaired) electrons. The largest absolute Gasteiger partial charge is 0.310 e. The summed E-state index contributed by atoms with van der Waals surface area (Å²) in [4.78, 5) is 5.15. The Kier molecular flexibility index (Phi) is 10.5. The Morgan fingerprint density at radius 2 is 0.432 bits per heavy atom. The molecule has 11 aromatic rings. The molecule has 11 aromatic carbocycles. The molecule has 2 heteroatoms. The minimum Gasteiger partial charge on any atom is -0.310 e. The van der Waals surface area contributed by atoms with Crippen LogP contribution in [0, 0.1) is 13.8 Å². The van der Waals surface area contributed by atoms with Crippen molar-refractivity contribution in [2.75, 3.05) is 9.80 Å². The third kappa shape index (κ3) is 6.79. The van der Waals surface area contributed by atoms with E-state index >= 15 is 0 Å². The van der Waals surface area contributed by atoms with Crippen LogP contribution in [0.3, 0.4) is 0 Å². The highest BCUT2D eigenvalue weighted by Crippen LogP contribution is 2.63. The van der Waals surface area contributed by atoms with Crippen LogP contribution in [-0.4, -0.2) is 0 Å². The van der Waals surface area contributed by atoms with E-state index in [9.17, 15) is 0 Å². The predicted molar refractivity (Wildman–Crippen MR) is 371 cm³/mol. The second-order valence-corrected chi connectivity index (χ2v) is 29.8. The number of nitrogens with zero attached hydrogens (tertiary/aromatic N) is 2. The molecule has 2 nitrogen and oxygen atoms in total. The molecule has 0 unspecified atom stereocenters. The fraction of sp³-hybridized carbons (Fsp3) is 0.233. The van der Waals surface area contributed by atoms with Gasteiger partial charge in [-0.2, -0.15) is 0 Å². The molecule has 0 saturated heterocycles. The summed E-state index contributed by atoms with van der Waals surface area (Å²) in [5.74, 6) is 0. The fourth-order valence-electron chi connectivity index (χ4n) is 18.3. The van der Waals surface area contributed by atoms with Crippen molar-refractivity contribution in [3.63, 3.8) is 0 Å². The number of aryl methyl sites for hydroxylation is 2. The van der Waals surface area contributed by atoms with E-state index in [0.717, 1.165) is 0 Å². The van der Waals surface area contributed by atoms with Crippen LogP contribution in [0.25, 0.3) is 66.8 Å². The molecule has 6 aliphatic carbocycles. The lowest BCUT2D eigenvalue weighted by molar-refractivity contribution is 0.601. The molecule has 0 bridgehead atoms. The number of fused-ring (bicyclic) bond motifs is 19. The van der Waals surface area contributed by atoms with Crippen LogP contribution in [0.5, 0.6) is 0 Å². The van der Waals surface area contributed by atoms with Gasteiger partial charge >= 0.3 is 0 Å². The molecule has 6 aliphatic rings. The molecule has 17 rings (SSSR count). The van der Waals surface area contributed by atoms with Crippen molar-refractivity contribution in [1.29, 1.82) is 0 Å². The Labute approximate surface area is 521 Å². The lowest BCUT2D eigenvalue weighted by Crippen LogP contribution is -2.24. The minimum atomic E-state index is -0.322. The highest BCUT2D eigenvalue weighted by atomic mass is 15.1. The normalized spacial score (nSPS) is 17.1. The molecule has 430 valence electrons. The van der Waals surface area contributed by atoms with Gasteiger partial charge < -0.3 is 9.80 Å². The van der Waals surface area contributed by atoms with E-state index < -0.39 is 0 Å². The summed E-state index contributed by atoms with van der Waals surface area (Å²) < 4.78 is 0. The van der Waals surface area contributed by atoms with Crippen molar-refractivity contribution in [3.05, 3.63) is 284 Å². The average Bonchev–Trinajstić information content (AvgIpc) is 1.53. The van der Waals surface area contributed by atoms with E-state index in [0.29, 0.717) is 0 Å². The van der Waals surface area contributed by atoms with Crippen molar-refractivity contribution in [2.45, 2.75) is 129 Å². The standard InChI is InChI=1S/C86H76N2/c1-49-41-55(87(51-31-35-61-57-23-15-19-27-67(57)81(3,4)71(61)43-51)52-32-36-62-58-24-16-20-28-68(58)82(5,6)72(62)44-52)47-75-77(49)65-39-40-66-78-50(2)42-56(48-76(78)86(13,14)80(66)79(65)85(75,11)12)88(53-33-37-63-59-25-17-21-29-69(59)83(7,8)73(63)45-53)54-34-38-64-60-26-18-22-30-70(60)84(9,10)74(64)46-54/h15-48H,1-14H3. The van der Waals surface area contributed by atoms with E-state index in [4.69, 9.17) is 0 Å². The van der Waals surface area contributed by atoms with E-state index in [1.54, 1.807) is 0 Å². The zero-order chi connectivity index (χ0) is 60.7. The van der Waals surface area contributed by atoms with Gasteiger partial charge in [0, 0.05) is 66.6 Å². The lowest BCUT2D eigenvalue weighted by atomic mass is 9.72. The van der Waals surface area contributed by atoms with Gasteiger partial charge in [0.15, 0.2) is 0 Å². The van der Waals surface area contributed by atoms with Gasteiger partial charge in [0.2, 0.25) is 0 Å². The molecule has 0 amide bonds. The van der Waals surface area contributed by atoms with Gasteiger partial charge in [-0.3, -0.25) is 0 Å². The average molecular weight is 1140 g/mol. The number of hydrogen-bond acceptors (Lipinski definition) is 2. The van der Waals surface area contributed by atoms with Gasteiger partial charge in [0.05, 0.1) is 0 Å². The van der Waals surface area contributed by atoms with Crippen LogP contribution in [0.2, 0.25) is 0 Å². The Balaban J connectivity index is 0.809. The Bertz CT molecular complexity index is 4430. The smallest absolute Gasteiger partial charge is 0.0467 e. The van der Waals surface area contributed by atoms with Crippen LogP contribution < -0.4 is 9.80 Å². The summed E-state index contributed by atoms with van der Waals surface area (Å²) in [5.41, 5.74) is 41.4. The number of rotatable bonds is 6. The maximum atomic E-state index is 2.58. The highest BCUT2D eigenvalue weighted by molar-refractivity contribution is 5.98. The highest BCUT2D eigenvalue weighted by Gasteiger charge is 2.48. The molecule has 0 aromatic heterocycles. The quantitative estimate of drug-likeness (QED) is 0.164. The summed E-state index contributed by atoms with van der Waals surface area (Å²) in [7, 11) is 0. The molecule has 0 aliphatic heterocycles. The Morgan fingerprint density at radius 3 is 0.705 bits per heavy atom. The molecular formula is C86H76N2. The van der Waals surface area contributed by atoms with E-state index in [2.05, 4.69) is 313 Å². The first-order valence-corrected chi connectivity index (χ1v) is 32.1. The fourth-order valence-corrected chi connectivity index (χ4v) is 18.3. The first kappa shape index (κ1) is 53.3. The summed E-state index contributed by atoms with van der Waals surface area (Å²) >= 11 is 0. The van der Waals surface area contributed by atoms with Crippen molar-refractivity contribution in [1.82, 2.24) is 0 Å². The van der Waals surface area contributed by atoms with Crippen LogP contribution in [0.1, 0.15) is 161 Å². The molecule has 0 saturated carbocycles. The first-order valence-electron chi connectivity index (χ1n) is 32.1. The van der Waals surface area contributed by atoms with Gasteiger partial charge in [0.1, 0.15) is 0 Å². The molecule has 0 heterocycles. The van der Waals surface area contributed by atoms with Crippen molar-refractivity contribution < 1.29 is 0 Å². The van der Waals surface area contributed by atoms with Crippen molar-refractivity contribution >= 4 is 34.1 Å². The zero-order valence-corrected chi connectivity index (χ0v) is 53.5. The van der Waals surface area contributed by atoms with E-state index in [1.165, 1.54) is 179 Å². The molecule has 0 N–H and O–H groups in total. The van der Waals surface area contributed by atoms with Gasteiger partial charge in [-0.25, -0.2) is 0 Å². The predicted octanol–water partition coefficient (Wildman–Crippen LogP) is 23.1. The Morgan fingerprint density at radius 1 is 0.205 bits per heavy atom. The van der Waals surface area contributed by atoms with E-state index in [-0.39, 0.29) is 32.5 Å². The topological polar surface area (TPSA) is 6.48 Å². The number of benzene rings is 11. The molecule has 0 spiro atoms. The SMILES string of the molecule is Cc1cc(N(c2ccc3c(c2)C(C)(C)c2ccccc2-3)c2ccc3c(c2)C(C)(C)c2ccccc2-3)cc2c1-c1ccc3c(c1C2(C)C)C(C)(C)c1cc(N(c2ccc4c(c2)C(C)(C)c2ccccc2-4)c2ccc4c(c2)C(C)(C)c2ccccc2-4)cc(C)c1-3. The van der Waals surface area contributed by atoms with Crippen LogP contribution in [-0.2, 0) is 32.5 Å². The van der Waals surface area contributed by atoms with Crippen LogP contribution >= 0.6 is 0 Å². The monoisotopic (exact) mass is 1140 g/mol. The first-order chi connectivity index (χ1) is 42.0. The molecule has 88 heavy (non-hydrogen) atoms. The summed E-state index contributed by atoms with van der Waals surface area (Å²) in [6, 6.07) is 80.2. The third-order valence-electron chi connectivity index (χ3n) is 22.8. The van der Waals surface area contributed by atoms with Gasteiger partial charge in [-0.15, -0.1) is 0 Å².